The van der Waals surface area contributed by atoms with Gasteiger partial charge in [-0.25, -0.2) is 0 Å². The van der Waals surface area contributed by atoms with E-state index < -0.39 is 0 Å². The summed E-state index contributed by atoms with van der Waals surface area (Å²) in [6, 6.07) is 4.95. The van der Waals surface area contributed by atoms with Crippen LogP contribution in [0.25, 0.3) is 0 Å². The molecule has 18 heavy (non-hydrogen) atoms. The Morgan fingerprint density at radius 2 is 2.33 bits per heavy atom. The maximum absolute atomic E-state index is 11.8. The molecule has 2 rings (SSSR count). The van der Waals surface area contributed by atoms with Crippen molar-refractivity contribution in [3.63, 3.8) is 0 Å². The predicted molar refractivity (Wildman–Crippen MR) is 71.3 cm³/mol. The van der Waals surface area contributed by atoms with Crippen LogP contribution in [0, 0.1) is 0 Å². The van der Waals surface area contributed by atoms with Gasteiger partial charge in [0.2, 0.25) is 5.91 Å². The highest BCUT2D eigenvalue weighted by atomic mass is 35.5. The first-order valence-electron chi connectivity index (χ1n) is 5.91. The molecule has 1 heterocycles. The summed E-state index contributed by atoms with van der Waals surface area (Å²) in [4.78, 5) is 24.8. The molecule has 0 saturated carbocycles. The lowest BCUT2D eigenvalue weighted by molar-refractivity contribution is -0.121. The van der Waals surface area contributed by atoms with E-state index in [9.17, 15) is 9.59 Å². The molecule has 0 bridgehead atoms. The minimum atomic E-state index is -0.242. The van der Waals surface area contributed by atoms with E-state index in [4.69, 9.17) is 11.6 Å². The highest BCUT2D eigenvalue weighted by Gasteiger charge is 2.32. The number of para-hydroxylation sites is 1. The smallest absolute Gasteiger partial charge is 0.242 e. The van der Waals surface area contributed by atoms with Crippen molar-refractivity contribution in [2.75, 3.05) is 18.5 Å². The molecule has 0 aliphatic carbocycles. The summed E-state index contributed by atoms with van der Waals surface area (Å²) >= 11 is 6.17. The van der Waals surface area contributed by atoms with Gasteiger partial charge >= 0.3 is 0 Å². The Morgan fingerprint density at radius 1 is 1.56 bits per heavy atom. The molecule has 1 aliphatic rings. The Kier molecular flexibility index (Phi) is 3.87. The molecular weight excluding hydrogens is 252 g/mol. The van der Waals surface area contributed by atoms with E-state index in [1.165, 1.54) is 0 Å². The van der Waals surface area contributed by atoms with E-state index in [1.54, 1.807) is 25.2 Å². The number of nitrogens with one attached hydrogen (secondary N) is 1. The van der Waals surface area contributed by atoms with Crippen LogP contribution in [0.5, 0.6) is 0 Å². The summed E-state index contributed by atoms with van der Waals surface area (Å²) in [5.74, 6) is -0.0377. The largest absolute Gasteiger partial charge is 0.358 e. The van der Waals surface area contributed by atoms with Gasteiger partial charge in [-0.15, -0.1) is 0 Å². The Bertz CT molecular complexity index is 476. The summed E-state index contributed by atoms with van der Waals surface area (Å²) in [6.45, 7) is 0.739. The molecule has 1 amide bonds. The van der Waals surface area contributed by atoms with Crippen LogP contribution in [0.1, 0.15) is 23.2 Å². The van der Waals surface area contributed by atoms with Gasteiger partial charge in [-0.3, -0.25) is 9.59 Å². The molecule has 4 nitrogen and oxygen atoms in total. The molecule has 0 aromatic heterocycles. The second-order valence-corrected chi connectivity index (χ2v) is 4.67. The number of anilines is 1. The minimum Gasteiger partial charge on any atom is -0.358 e. The number of aldehydes is 1. The average Bonchev–Trinajstić information content (AvgIpc) is 2.86. The molecule has 96 valence electrons. The van der Waals surface area contributed by atoms with E-state index in [1.807, 2.05) is 4.90 Å². The standard InChI is InChI=1S/C13H15ClN2O2/c1-15-13(18)11-6-3-7-16(11)12-9(8-17)4-2-5-10(12)14/h2,4-5,8,11H,3,6-7H2,1H3,(H,15,18). The fourth-order valence-corrected chi connectivity index (χ4v) is 2.69. The van der Waals surface area contributed by atoms with Gasteiger partial charge in [0, 0.05) is 19.2 Å². The molecule has 0 spiro atoms. The van der Waals surface area contributed by atoms with Crippen LogP contribution >= 0.6 is 11.6 Å². The van der Waals surface area contributed by atoms with E-state index in [0.717, 1.165) is 25.7 Å². The van der Waals surface area contributed by atoms with Gasteiger partial charge in [0.1, 0.15) is 6.04 Å². The number of amides is 1. The zero-order chi connectivity index (χ0) is 13.1. The van der Waals surface area contributed by atoms with Crippen molar-refractivity contribution >= 4 is 29.5 Å². The Morgan fingerprint density at radius 3 is 3.00 bits per heavy atom. The van der Waals surface area contributed by atoms with Gasteiger partial charge in [0.25, 0.3) is 0 Å². The van der Waals surface area contributed by atoms with Crippen LogP contribution in [0.2, 0.25) is 5.02 Å². The molecule has 1 fully saturated rings. The quantitative estimate of drug-likeness (QED) is 0.850. The van der Waals surface area contributed by atoms with Crippen LogP contribution in [-0.4, -0.2) is 31.8 Å². The van der Waals surface area contributed by atoms with Gasteiger partial charge in [-0.2, -0.15) is 0 Å². The summed E-state index contributed by atoms with van der Waals surface area (Å²) in [5, 5.41) is 3.16. The van der Waals surface area contributed by atoms with Crippen molar-refractivity contribution in [2.24, 2.45) is 0 Å². The first-order chi connectivity index (χ1) is 8.69. The van der Waals surface area contributed by atoms with Crippen molar-refractivity contribution in [3.8, 4) is 0 Å². The average molecular weight is 267 g/mol. The Labute approximate surface area is 111 Å². The lowest BCUT2D eigenvalue weighted by Crippen LogP contribution is -2.42. The summed E-state index contributed by atoms with van der Waals surface area (Å²) in [7, 11) is 1.62. The fraction of sp³-hybridized carbons (Fsp3) is 0.385. The number of likely N-dealkylation sites (N-methyl/N-ethyl adjacent to an activating group) is 1. The summed E-state index contributed by atoms with van der Waals surface area (Å²) in [6.07, 6.45) is 2.48. The van der Waals surface area contributed by atoms with Crippen molar-refractivity contribution in [1.29, 1.82) is 0 Å². The molecule has 1 aliphatic heterocycles. The van der Waals surface area contributed by atoms with E-state index >= 15 is 0 Å². The number of hydrogen-bond acceptors (Lipinski definition) is 3. The fourth-order valence-electron chi connectivity index (χ4n) is 2.40. The lowest BCUT2D eigenvalue weighted by atomic mass is 10.1. The molecule has 1 atom stereocenters. The highest BCUT2D eigenvalue weighted by molar-refractivity contribution is 6.34. The molecule has 5 heteroatoms. The molecule has 0 radical (unpaired) electrons. The first kappa shape index (κ1) is 12.9. The van der Waals surface area contributed by atoms with Gasteiger partial charge in [-0.1, -0.05) is 17.7 Å². The van der Waals surface area contributed by atoms with Crippen molar-refractivity contribution in [2.45, 2.75) is 18.9 Å². The summed E-state index contributed by atoms with van der Waals surface area (Å²) < 4.78 is 0. The normalized spacial score (nSPS) is 18.8. The second kappa shape index (κ2) is 5.40. The summed E-state index contributed by atoms with van der Waals surface area (Å²) in [5.41, 5.74) is 1.19. The Balaban J connectivity index is 2.41. The Hall–Kier alpha value is -1.55. The van der Waals surface area contributed by atoms with Crippen LogP contribution in [0.4, 0.5) is 5.69 Å². The second-order valence-electron chi connectivity index (χ2n) is 4.26. The highest BCUT2D eigenvalue weighted by Crippen LogP contribution is 2.34. The van der Waals surface area contributed by atoms with E-state index in [-0.39, 0.29) is 11.9 Å². The number of rotatable bonds is 3. The third-order valence-corrected chi connectivity index (χ3v) is 3.54. The van der Waals surface area contributed by atoms with Crippen molar-refractivity contribution < 1.29 is 9.59 Å². The minimum absolute atomic E-state index is 0.0377. The van der Waals surface area contributed by atoms with Gasteiger partial charge in [0.05, 0.1) is 10.7 Å². The number of carbonyl (C=O) groups is 2. The molecule has 1 unspecified atom stereocenters. The van der Waals surface area contributed by atoms with E-state index in [2.05, 4.69) is 5.32 Å². The third kappa shape index (κ3) is 2.20. The zero-order valence-corrected chi connectivity index (χ0v) is 10.9. The molecule has 1 aromatic rings. The third-order valence-electron chi connectivity index (χ3n) is 3.23. The predicted octanol–water partition coefficient (Wildman–Crippen LogP) is 1.87. The molecule has 1 N–H and O–H groups in total. The maximum Gasteiger partial charge on any atom is 0.242 e. The number of benzene rings is 1. The topological polar surface area (TPSA) is 49.4 Å². The number of halogens is 1. The van der Waals surface area contributed by atoms with Crippen molar-refractivity contribution in [1.82, 2.24) is 5.32 Å². The van der Waals surface area contributed by atoms with Crippen LogP contribution in [0.3, 0.4) is 0 Å². The number of hydrogen-bond donors (Lipinski definition) is 1. The van der Waals surface area contributed by atoms with Gasteiger partial charge in [0.15, 0.2) is 6.29 Å². The van der Waals surface area contributed by atoms with Crippen LogP contribution in [0.15, 0.2) is 18.2 Å². The molecule has 1 saturated heterocycles. The first-order valence-corrected chi connectivity index (χ1v) is 6.28. The van der Waals surface area contributed by atoms with Crippen molar-refractivity contribution in [3.05, 3.63) is 28.8 Å². The lowest BCUT2D eigenvalue weighted by Gasteiger charge is -2.27. The SMILES string of the molecule is CNC(=O)C1CCCN1c1c(Cl)cccc1C=O. The van der Waals surface area contributed by atoms with Gasteiger partial charge in [-0.05, 0) is 25.0 Å². The maximum atomic E-state index is 11.8. The van der Waals surface area contributed by atoms with Crippen LogP contribution < -0.4 is 10.2 Å². The molecular formula is C13H15ClN2O2. The van der Waals surface area contributed by atoms with Gasteiger partial charge < -0.3 is 10.2 Å². The number of carbonyl (C=O) groups excluding carboxylic acids is 2. The van der Waals surface area contributed by atoms with Crippen LogP contribution in [-0.2, 0) is 4.79 Å². The monoisotopic (exact) mass is 266 g/mol. The van der Waals surface area contributed by atoms with E-state index in [0.29, 0.717) is 16.3 Å². The zero-order valence-electron chi connectivity index (χ0n) is 10.1. The molecule has 1 aromatic carbocycles. The number of nitrogens with zero attached hydrogens (tertiary/aromatic N) is 1.